The summed E-state index contributed by atoms with van der Waals surface area (Å²) in [4.78, 5) is 13.8. The Labute approximate surface area is 152 Å². The van der Waals surface area contributed by atoms with E-state index in [2.05, 4.69) is 15.4 Å². The summed E-state index contributed by atoms with van der Waals surface area (Å²) in [5.41, 5.74) is 6.15. The van der Waals surface area contributed by atoms with E-state index in [1.165, 1.54) is 28.9 Å². The van der Waals surface area contributed by atoms with E-state index in [0.717, 1.165) is 49.3 Å². The molecule has 0 amide bonds. The van der Waals surface area contributed by atoms with Gasteiger partial charge in [-0.3, -0.25) is 9.67 Å². The first-order valence-corrected chi connectivity index (χ1v) is 9.37. The fourth-order valence-corrected chi connectivity index (χ4v) is 4.20. The van der Waals surface area contributed by atoms with Crippen LogP contribution in [0.15, 0.2) is 30.7 Å². The van der Waals surface area contributed by atoms with E-state index >= 15 is 0 Å². The molecule has 0 saturated heterocycles. The Balaban J connectivity index is 1.54. The molecular weight excluding hydrogens is 324 g/mol. The summed E-state index contributed by atoms with van der Waals surface area (Å²) >= 11 is 0. The number of rotatable bonds is 3. The monoisotopic (exact) mass is 346 g/mol. The minimum absolute atomic E-state index is 0.275. The van der Waals surface area contributed by atoms with Gasteiger partial charge in [0.25, 0.3) is 0 Å². The van der Waals surface area contributed by atoms with Gasteiger partial charge in [0.1, 0.15) is 5.82 Å². The minimum Gasteiger partial charge on any atom is -0.363 e. The van der Waals surface area contributed by atoms with Crippen molar-refractivity contribution < 1.29 is 0 Å². The lowest BCUT2D eigenvalue weighted by Crippen LogP contribution is -2.19. The first kappa shape index (κ1) is 15.5. The molecule has 1 N–H and O–H groups in total. The lowest BCUT2D eigenvalue weighted by Gasteiger charge is -2.25. The average Bonchev–Trinajstić information content (AvgIpc) is 3.30. The van der Waals surface area contributed by atoms with Gasteiger partial charge in [0.15, 0.2) is 5.82 Å². The maximum Gasteiger partial charge on any atom is 0.161 e. The molecule has 0 aromatic carbocycles. The molecule has 0 spiro atoms. The minimum atomic E-state index is 0.275. The van der Waals surface area contributed by atoms with Gasteiger partial charge >= 0.3 is 0 Å². The maximum absolute atomic E-state index is 4.91. The second-order valence-corrected chi connectivity index (χ2v) is 7.17. The fraction of sp³-hybridized carbons (Fsp3) is 0.400. The summed E-state index contributed by atoms with van der Waals surface area (Å²) in [6, 6.07) is 4.22. The van der Waals surface area contributed by atoms with Crippen molar-refractivity contribution in [1.82, 2.24) is 24.7 Å². The molecule has 6 heteroatoms. The summed E-state index contributed by atoms with van der Waals surface area (Å²) in [5.74, 6) is 1.79. The van der Waals surface area contributed by atoms with Crippen LogP contribution in [0, 0.1) is 0 Å². The van der Waals surface area contributed by atoms with Gasteiger partial charge in [0.2, 0.25) is 0 Å². The van der Waals surface area contributed by atoms with Gasteiger partial charge in [0, 0.05) is 47.5 Å². The van der Waals surface area contributed by atoms with E-state index in [1.54, 1.807) is 12.4 Å². The Morgan fingerprint density at radius 3 is 2.85 bits per heavy atom. The molecule has 3 aromatic heterocycles. The van der Waals surface area contributed by atoms with E-state index in [4.69, 9.17) is 9.97 Å². The quantitative estimate of drug-likeness (QED) is 0.788. The molecule has 1 atom stereocenters. The predicted octanol–water partition coefficient (Wildman–Crippen LogP) is 3.25. The Morgan fingerprint density at radius 2 is 1.96 bits per heavy atom. The van der Waals surface area contributed by atoms with E-state index < -0.39 is 0 Å². The molecule has 2 aliphatic carbocycles. The van der Waals surface area contributed by atoms with E-state index in [-0.39, 0.29) is 6.04 Å². The molecule has 3 aromatic rings. The third-order valence-corrected chi connectivity index (χ3v) is 5.56. The number of nitrogens with zero attached hydrogens (tertiary/aromatic N) is 5. The van der Waals surface area contributed by atoms with Crippen molar-refractivity contribution in [2.45, 2.75) is 44.6 Å². The van der Waals surface area contributed by atoms with Crippen molar-refractivity contribution >= 4 is 5.82 Å². The highest BCUT2D eigenvalue weighted by molar-refractivity contribution is 5.60. The van der Waals surface area contributed by atoms with Crippen molar-refractivity contribution in [3.63, 3.8) is 0 Å². The Morgan fingerprint density at radius 1 is 1.08 bits per heavy atom. The summed E-state index contributed by atoms with van der Waals surface area (Å²) in [7, 11) is 2.03. The molecule has 0 aliphatic heterocycles. The van der Waals surface area contributed by atoms with Crippen LogP contribution in [0.25, 0.3) is 11.4 Å². The number of aromatic nitrogens is 5. The van der Waals surface area contributed by atoms with E-state index in [9.17, 15) is 0 Å². The number of pyridine rings is 1. The first-order valence-electron chi connectivity index (χ1n) is 9.37. The molecule has 3 heterocycles. The zero-order valence-corrected chi connectivity index (χ0v) is 14.9. The van der Waals surface area contributed by atoms with E-state index in [1.807, 2.05) is 30.1 Å². The van der Waals surface area contributed by atoms with Crippen molar-refractivity contribution in [3.8, 4) is 11.4 Å². The second-order valence-electron chi connectivity index (χ2n) is 7.17. The Bertz CT molecular complexity index is 946. The van der Waals surface area contributed by atoms with Crippen LogP contribution in [0.4, 0.5) is 5.82 Å². The molecule has 0 bridgehead atoms. The SMILES string of the molecule is Cn1ncc2c1CCCC2Nc1nc(-c2ccncc2)nc2c1CCC2. The van der Waals surface area contributed by atoms with Crippen LogP contribution in [-0.2, 0) is 26.3 Å². The average molecular weight is 346 g/mol. The van der Waals surface area contributed by atoms with Gasteiger partial charge in [-0.05, 0) is 50.7 Å². The molecule has 0 saturated carbocycles. The van der Waals surface area contributed by atoms with Crippen LogP contribution in [0.5, 0.6) is 0 Å². The maximum atomic E-state index is 4.91. The van der Waals surface area contributed by atoms with Gasteiger partial charge in [-0.1, -0.05) is 0 Å². The van der Waals surface area contributed by atoms with Crippen molar-refractivity contribution in [2.75, 3.05) is 5.32 Å². The molecule has 5 rings (SSSR count). The zero-order chi connectivity index (χ0) is 17.5. The molecule has 0 fully saturated rings. The summed E-state index contributed by atoms with van der Waals surface area (Å²) < 4.78 is 2.01. The normalized spacial score (nSPS) is 18.4. The zero-order valence-electron chi connectivity index (χ0n) is 14.9. The van der Waals surface area contributed by atoms with Crippen molar-refractivity contribution in [3.05, 3.63) is 53.2 Å². The first-order chi connectivity index (χ1) is 12.8. The molecule has 0 radical (unpaired) electrons. The molecule has 26 heavy (non-hydrogen) atoms. The van der Waals surface area contributed by atoms with Crippen LogP contribution in [0.3, 0.4) is 0 Å². The van der Waals surface area contributed by atoms with E-state index in [0.29, 0.717) is 0 Å². The van der Waals surface area contributed by atoms with Crippen molar-refractivity contribution in [1.29, 1.82) is 0 Å². The highest BCUT2D eigenvalue weighted by atomic mass is 15.3. The topological polar surface area (TPSA) is 68.5 Å². The number of anilines is 1. The fourth-order valence-electron chi connectivity index (χ4n) is 4.20. The predicted molar refractivity (Wildman–Crippen MR) is 99.8 cm³/mol. The van der Waals surface area contributed by atoms with Crippen LogP contribution >= 0.6 is 0 Å². The van der Waals surface area contributed by atoms with Gasteiger partial charge in [0.05, 0.1) is 12.2 Å². The lowest BCUT2D eigenvalue weighted by atomic mass is 9.93. The Hall–Kier alpha value is -2.76. The summed E-state index contributed by atoms with van der Waals surface area (Å²) in [6.45, 7) is 0. The molecule has 2 aliphatic rings. The highest BCUT2D eigenvalue weighted by Crippen LogP contribution is 2.35. The molecular formula is C20H22N6. The molecule has 6 nitrogen and oxygen atoms in total. The molecule has 132 valence electrons. The lowest BCUT2D eigenvalue weighted by molar-refractivity contribution is 0.569. The number of fused-ring (bicyclic) bond motifs is 2. The number of hydrogen-bond donors (Lipinski definition) is 1. The number of nitrogens with one attached hydrogen (secondary N) is 1. The largest absolute Gasteiger partial charge is 0.363 e. The van der Waals surface area contributed by atoms with Crippen LogP contribution in [0.2, 0.25) is 0 Å². The second kappa shape index (κ2) is 6.20. The van der Waals surface area contributed by atoms with Crippen molar-refractivity contribution in [2.24, 2.45) is 7.05 Å². The van der Waals surface area contributed by atoms with Crippen LogP contribution in [0.1, 0.15) is 47.8 Å². The van der Waals surface area contributed by atoms with Crippen LogP contribution < -0.4 is 5.32 Å². The van der Waals surface area contributed by atoms with Gasteiger partial charge in [-0.2, -0.15) is 5.10 Å². The standard InChI is InChI=1S/C20H22N6/c1-26-18-7-3-6-17(15(18)12-22-26)24-20-14-4-2-5-16(14)23-19(25-20)13-8-10-21-11-9-13/h8-12,17H,2-7H2,1H3,(H,23,24,25). The third-order valence-electron chi connectivity index (χ3n) is 5.56. The summed E-state index contributed by atoms with van der Waals surface area (Å²) in [5, 5.41) is 8.21. The number of hydrogen-bond acceptors (Lipinski definition) is 5. The van der Waals surface area contributed by atoms with Gasteiger partial charge in [-0.15, -0.1) is 0 Å². The van der Waals surface area contributed by atoms with Gasteiger partial charge < -0.3 is 5.32 Å². The third kappa shape index (κ3) is 2.57. The van der Waals surface area contributed by atoms with Crippen LogP contribution in [-0.4, -0.2) is 24.7 Å². The Kier molecular flexibility index (Phi) is 3.69. The van der Waals surface area contributed by atoms with Gasteiger partial charge in [-0.25, -0.2) is 9.97 Å². The summed E-state index contributed by atoms with van der Waals surface area (Å²) in [6.07, 6.45) is 12.2. The molecule has 1 unspecified atom stereocenters. The number of aryl methyl sites for hydroxylation is 2. The highest BCUT2D eigenvalue weighted by Gasteiger charge is 2.26. The smallest absolute Gasteiger partial charge is 0.161 e.